The van der Waals surface area contributed by atoms with E-state index >= 15 is 0 Å². The number of amides is 2. The molecule has 1 N–H and O–H groups in total. The summed E-state index contributed by atoms with van der Waals surface area (Å²) < 4.78 is 1.99. The number of carbonyl (C=O) groups excluding carboxylic acids is 2. The molecule has 27 heavy (non-hydrogen) atoms. The topological polar surface area (TPSA) is 75.4 Å². The fourth-order valence-electron chi connectivity index (χ4n) is 3.63. The molecule has 1 aliphatic rings. The average molecular weight is 363 g/mol. The molecule has 0 unspecified atom stereocenters. The van der Waals surface area contributed by atoms with Gasteiger partial charge in [0.1, 0.15) is 5.82 Å². The van der Waals surface area contributed by atoms with Gasteiger partial charge < -0.3 is 9.67 Å². The van der Waals surface area contributed by atoms with Gasteiger partial charge in [-0.05, 0) is 30.7 Å². The van der Waals surface area contributed by atoms with Gasteiger partial charge in [-0.2, -0.15) is 0 Å². The van der Waals surface area contributed by atoms with Crippen LogP contribution in [0.25, 0.3) is 11.0 Å². The number of imidazole rings is 1. The number of carbonyl (C=O) groups is 2. The summed E-state index contributed by atoms with van der Waals surface area (Å²) in [6.07, 6.45) is 0.868. The molecule has 1 aromatic heterocycles. The van der Waals surface area contributed by atoms with Crippen LogP contribution in [0.5, 0.6) is 0 Å². The van der Waals surface area contributed by atoms with Crippen molar-refractivity contribution in [3.63, 3.8) is 0 Å². The van der Waals surface area contributed by atoms with E-state index in [0.717, 1.165) is 34.6 Å². The lowest BCUT2D eigenvalue weighted by Crippen LogP contribution is -2.38. The molecule has 0 saturated heterocycles. The number of β-amino-alcohol motifs (C(OH)–C–C–N with tert-alkyl or cyclic N) is 1. The minimum Gasteiger partial charge on any atom is -0.389 e. The second kappa shape index (κ2) is 6.96. The first-order chi connectivity index (χ1) is 13.1. The molecule has 2 heterocycles. The summed E-state index contributed by atoms with van der Waals surface area (Å²) in [6.45, 7) is 2.33. The molecular weight excluding hydrogens is 342 g/mol. The zero-order chi connectivity index (χ0) is 19.0. The molecule has 6 nitrogen and oxygen atoms in total. The van der Waals surface area contributed by atoms with Crippen molar-refractivity contribution in [2.45, 2.75) is 32.4 Å². The van der Waals surface area contributed by atoms with E-state index in [-0.39, 0.29) is 24.9 Å². The maximum absolute atomic E-state index is 12.5. The van der Waals surface area contributed by atoms with Gasteiger partial charge in [0.15, 0.2) is 0 Å². The standard InChI is InChI=1S/C21H21N3O3/c1-2-7-19-22-17-10-5-6-11-18(17)23(19)12-14(25)13-24-20(26)15-8-3-4-9-16(15)21(24)27/h3-6,8-11,14,25H,2,7,12-13H2,1H3/t14-/m1/s1. The van der Waals surface area contributed by atoms with Crippen LogP contribution in [0.15, 0.2) is 48.5 Å². The van der Waals surface area contributed by atoms with Crippen molar-refractivity contribution in [1.29, 1.82) is 0 Å². The second-order valence-corrected chi connectivity index (χ2v) is 6.80. The monoisotopic (exact) mass is 363 g/mol. The molecule has 3 aromatic rings. The lowest BCUT2D eigenvalue weighted by Gasteiger charge is -2.20. The Morgan fingerprint density at radius 1 is 0.963 bits per heavy atom. The molecule has 1 aliphatic heterocycles. The Morgan fingerprint density at radius 2 is 1.59 bits per heavy atom. The van der Waals surface area contributed by atoms with Gasteiger partial charge in [-0.15, -0.1) is 0 Å². The Hall–Kier alpha value is -2.99. The van der Waals surface area contributed by atoms with Crippen LogP contribution in [-0.4, -0.2) is 44.0 Å². The van der Waals surface area contributed by atoms with E-state index < -0.39 is 6.10 Å². The minimum atomic E-state index is -0.875. The van der Waals surface area contributed by atoms with E-state index in [0.29, 0.717) is 11.1 Å². The summed E-state index contributed by atoms with van der Waals surface area (Å²) in [5.41, 5.74) is 2.63. The summed E-state index contributed by atoms with van der Waals surface area (Å²) in [4.78, 5) is 30.8. The minimum absolute atomic E-state index is 0.0373. The summed E-state index contributed by atoms with van der Waals surface area (Å²) in [5, 5.41) is 10.7. The number of hydrogen-bond acceptors (Lipinski definition) is 4. The summed E-state index contributed by atoms with van der Waals surface area (Å²) in [6, 6.07) is 14.5. The van der Waals surface area contributed by atoms with Gasteiger partial charge in [0.25, 0.3) is 11.8 Å². The number of benzene rings is 2. The molecule has 0 radical (unpaired) electrons. The van der Waals surface area contributed by atoms with Crippen molar-refractivity contribution < 1.29 is 14.7 Å². The number of imide groups is 1. The molecule has 2 amide bonds. The molecule has 0 bridgehead atoms. The van der Waals surface area contributed by atoms with Crippen LogP contribution >= 0.6 is 0 Å². The third-order valence-corrected chi connectivity index (χ3v) is 4.87. The van der Waals surface area contributed by atoms with Gasteiger partial charge in [0.05, 0.1) is 41.4 Å². The first kappa shape index (κ1) is 17.4. The number of hydrogen-bond donors (Lipinski definition) is 1. The number of aliphatic hydroxyl groups excluding tert-OH is 1. The van der Waals surface area contributed by atoms with Gasteiger partial charge in [-0.3, -0.25) is 14.5 Å². The summed E-state index contributed by atoms with van der Waals surface area (Å²) >= 11 is 0. The van der Waals surface area contributed by atoms with Crippen molar-refractivity contribution >= 4 is 22.8 Å². The van der Waals surface area contributed by atoms with Gasteiger partial charge in [-0.1, -0.05) is 31.2 Å². The predicted octanol–water partition coefficient (Wildman–Crippen LogP) is 2.65. The highest BCUT2D eigenvalue weighted by molar-refractivity contribution is 6.21. The molecular formula is C21H21N3O3. The largest absolute Gasteiger partial charge is 0.389 e. The highest BCUT2D eigenvalue weighted by Gasteiger charge is 2.36. The third-order valence-electron chi connectivity index (χ3n) is 4.87. The lowest BCUT2D eigenvalue weighted by molar-refractivity contribution is 0.0522. The van der Waals surface area contributed by atoms with Crippen molar-refractivity contribution in [2.75, 3.05) is 6.54 Å². The maximum Gasteiger partial charge on any atom is 0.261 e. The number of aromatic nitrogens is 2. The Morgan fingerprint density at radius 3 is 2.26 bits per heavy atom. The van der Waals surface area contributed by atoms with Crippen molar-refractivity contribution in [3.8, 4) is 0 Å². The molecule has 6 heteroatoms. The van der Waals surface area contributed by atoms with E-state index in [1.165, 1.54) is 0 Å². The van der Waals surface area contributed by atoms with Crippen molar-refractivity contribution in [3.05, 3.63) is 65.5 Å². The Kier molecular flexibility index (Phi) is 4.49. The predicted molar refractivity (Wildman–Crippen MR) is 102 cm³/mol. The zero-order valence-corrected chi connectivity index (χ0v) is 15.1. The normalized spacial score (nSPS) is 14.8. The molecule has 1 atom stereocenters. The first-order valence-corrected chi connectivity index (χ1v) is 9.17. The highest BCUT2D eigenvalue weighted by Crippen LogP contribution is 2.23. The molecule has 0 saturated carbocycles. The number of aliphatic hydroxyl groups is 1. The Balaban J connectivity index is 1.56. The number of aryl methyl sites for hydroxylation is 1. The fourth-order valence-corrected chi connectivity index (χ4v) is 3.63. The average Bonchev–Trinajstić information content (AvgIpc) is 3.13. The first-order valence-electron chi connectivity index (χ1n) is 9.17. The van der Waals surface area contributed by atoms with Crippen LogP contribution in [0.4, 0.5) is 0 Å². The van der Waals surface area contributed by atoms with E-state index in [2.05, 4.69) is 11.9 Å². The van der Waals surface area contributed by atoms with Crippen LogP contribution < -0.4 is 0 Å². The zero-order valence-electron chi connectivity index (χ0n) is 15.1. The molecule has 138 valence electrons. The fraction of sp³-hybridized carbons (Fsp3) is 0.286. The lowest BCUT2D eigenvalue weighted by atomic mass is 10.1. The van der Waals surface area contributed by atoms with E-state index in [1.54, 1.807) is 24.3 Å². The van der Waals surface area contributed by atoms with Crippen LogP contribution in [0.2, 0.25) is 0 Å². The second-order valence-electron chi connectivity index (χ2n) is 6.80. The van der Waals surface area contributed by atoms with Crippen molar-refractivity contribution in [1.82, 2.24) is 14.5 Å². The van der Waals surface area contributed by atoms with Gasteiger partial charge in [-0.25, -0.2) is 4.98 Å². The van der Waals surface area contributed by atoms with Crippen LogP contribution in [0.1, 0.15) is 39.9 Å². The Bertz CT molecular complexity index is 989. The molecule has 0 spiro atoms. The summed E-state index contributed by atoms with van der Waals surface area (Å²) in [7, 11) is 0. The summed E-state index contributed by atoms with van der Waals surface area (Å²) in [5.74, 6) is 0.206. The number of para-hydroxylation sites is 2. The number of rotatable bonds is 6. The number of nitrogens with zero attached hydrogens (tertiary/aromatic N) is 3. The van der Waals surface area contributed by atoms with Gasteiger partial charge >= 0.3 is 0 Å². The van der Waals surface area contributed by atoms with Crippen molar-refractivity contribution in [2.24, 2.45) is 0 Å². The highest BCUT2D eigenvalue weighted by atomic mass is 16.3. The SMILES string of the molecule is CCCc1nc2ccccc2n1C[C@@H](O)CN1C(=O)c2ccccc2C1=O. The van der Waals surface area contributed by atoms with E-state index in [4.69, 9.17) is 0 Å². The molecule has 2 aromatic carbocycles. The molecule has 0 aliphatic carbocycles. The third kappa shape index (κ3) is 3.02. The maximum atomic E-state index is 12.5. The van der Waals surface area contributed by atoms with E-state index in [1.807, 2.05) is 28.8 Å². The van der Waals surface area contributed by atoms with Crippen LogP contribution in [-0.2, 0) is 13.0 Å². The molecule has 0 fully saturated rings. The van der Waals surface area contributed by atoms with Gasteiger partial charge in [0, 0.05) is 6.42 Å². The number of fused-ring (bicyclic) bond motifs is 2. The Labute approximate surface area is 157 Å². The van der Waals surface area contributed by atoms with E-state index in [9.17, 15) is 14.7 Å². The molecule has 4 rings (SSSR count). The smallest absolute Gasteiger partial charge is 0.261 e. The van der Waals surface area contributed by atoms with Crippen LogP contribution in [0.3, 0.4) is 0 Å². The van der Waals surface area contributed by atoms with Crippen LogP contribution in [0, 0.1) is 0 Å². The quantitative estimate of drug-likeness (QED) is 0.683. The van der Waals surface area contributed by atoms with Gasteiger partial charge in [0.2, 0.25) is 0 Å².